The summed E-state index contributed by atoms with van der Waals surface area (Å²) >= 11 is 0. The lowest BCUT2D eigenvalue weighted by Crippen LogP contribution is -2.42. The lowest BCUT2D eigenvalue weighted by molar-refractivity contribution is 0.0902. The van der Waals surface area contributed by atoms with Gasteiger partial charge in [-0.25, -0.2) is 0 Å². The molecule has 1 heterocycles. The van der Waals surface area contributed by atoms with Gasteiger partial charge in [0.1, 0.15) is 6.26 Å². The van der Waals surface area contributed by atoms with E-state index in [0.29, 0.717) is 5.69 Å². The number of hydrogen-bond acceptors (Lipinski definition) is 3. The zero-order valence-electron chi connectivity index (χ0n) is 8.13. The first kappa shape index (κ1) is 9.77. The molecular formula is C9H14N2O2. The summed E-state index contributed by atoms with van der Waals surface area (Å²) in [5.41, 5.74) is 0.122. The third kappa shape index (κ3) is 2.57. The molecular weight excluding hydrogens is 168 g/mol. The van der Waals surface area contributed by atoms with Crippen molar-refractivity contribution in [2.45, 2.75) is 32.7 Å². The van der Waals surface area contributed by atoms with Gasteiger partial charge < -0.3 is 9.84 Å². The highest BCUT2D eigenvalue weighted by Crippen LogP contribution is 2.08. The highest BCUT2D eigenvalue weighted by Gasteiger charge is 2.19. The first-order valence-electron chi connectivity index (χ1n) is 4.28. The number of hydrogen-bond donors (Lipinski definition) is 1. The van der Waals surface area contributed by atoms with Crippen LogP contribution < -0.4 is 5.32 Å². The highest BCUT2D eigenvalue weighted by molar-refractivity contribution is 5.92. The lowest BCUT2D eigenvalue weighted by Gasteiger charge is -2.23. The second-order valence-electron chi connectivity index (χ2n) is 3.58. The van der Waals surface area contributed by atoms with Gasteiger partial charge in [-0.1, -0.05) is 12.1 Å². The molecule has 0 saturated heterocycles. The summed E-state index contributed by atoms with van der Waals surface area (Å²) in [7, 11) is 0. The van der Waals surface area contributed by atoms with Crippen molar-refractivity contribution in [1.82, 2.24) is 10.5 Å². The quantitative estimate of drug-likeness (QED) is 0.772. The summed E-state index contributed by atoms with van der Waals surface area (Å²) in [6.07, 6.45) is 2.25. The number of carbonyl (C=O) groups excluding carboxylic acids is 1. The SMILES string of the molecule is CCC(C)(C)NC(=O)c1ccon1. The smallest absolute Gasteiger partial charge is 0.273 e. The number of aromatic nitrogens is 1. The summed E-state index contributed by atoms with van der Waals surface area (Å²) in [6.45, 7) is 5.94. The Morgan fingerprint density at radius 1 is 1.69 bits per heavy atom. The van der Waals surface area contributed by atoms with Gasteiger partial charge in [0.05, 0.1) is 0 Å². The van der Waals surface area contributed by atoms with E-state index in [-0.39, 0.29) is 11.4 Å². The molecule has 0 aromatic carbocycles. The molecule has 0 radical (unpaired) electrons. The van der Waals surface area contributed by atoms with Gasteiger partial charge in [-0.3, -0.25) is 4.79 Å². The Hall–Kier alpha value is -1.32. The van der Waals surface area contributed by atoms with E-state index in [1.165, 1.54) is 6.26 Å². The van der Waals surface area contributed by atoms with Crippen LogP contribution in [0.1, 0.15) is 37.7 Å². The molecule has 1 N–H and O–H groups in total. The first-order valence-corrected chi connectivity index (χ1v) is 4.28. The third-order valence-electron chi connectivity index (χ3n) is 2.01. The molecule has 0 saturated carbocycles. The fraction of sp³-hybridized carbons (Fsp3) is 0.556. The van der Waals surface area contributed by atoms with Gasteiger partial charge in [-0.2, -0.15) is 0 Å². The average Bonchev–Trinajstić information content (AvgIpc) is 2.55. The molecule has 72 valence electrons. The van der Waals surface area contributed by atoms with Crippen LogP contribution in [0.2, 0.25) is 0 Å². The number of amides is 1. The summed E-state index contributed by atoms with van der Waals surface area (Å²) in [5.74, 6) is -0.194. The predicted molar refractivity (Wildman–Crippen MR) is 48.3 cm³/mol. The van der Waals surface area contributed by atoms with Crippen molar-refractivity contribution in [2.24, 2.45) is 0 Å². The molecule has 1 aromatic heterocycles. The van der Waals surface area contributed by atoms with Gasteiger partial charge in [-0.15, -0.1) is 0 Å². The molecule has 0 fully saturated rings. The summed E-state index contributed by atoms with van der Waals surface area (Å²) in [6, 6.07) is 1.54. The molecule has 0 bridgehead atoms. The van der Waals surface area contributed by atoms with Crippen LogP contribution in [0.3, 0.4) is 0 Å². The van der Waals surface area contributed by atoms with Gasteiger partial charge in [0, 0.05) is 11.6 Å². The largest absolute Gasteiger partial charge is 0.364 e. The van der Waals surface area contributed by atoms with E-state index in [0.717, 1.165) is 6.42 Å². The molecule has 0 spiro atoms. The zero-order chi connectivity index (χ0) is 9.90. The van der Waals surface area contributed by atoms with Crippen molar-refractivity contribution in [3.8, 4) is 0 Å². The topological polar surface area (TPSA) is 55.1 Å². The second-order valence-corrected chi connectivity index (χ2v) is 3.58. The Morgan fingerprint density at radius 2 is 2.38 bits per heavy atom. The third-order valence-corrected chi connectivity index (χ3v) is 2.01. The number of carbonyl (C=O) groups is 1. The second kappa shape index (κ2) is 3.60. The van der Waals surface area contributed by atoms with Crippen LogP contribution in [0, 0.1) is 0 Å². The Balaban J connectivity index is 2.61. The first-order chi connectivity index (χ1) is 6.05. The van der Waals surface area contributed by atoms with Crippen LogP contribution in [-0.2, 0) is 0 Å². The van der Waals surface area contributed by atoms with Crippen molar-refractivity contribution in [3.05, 3.63) is 18.0 Å². The van der Waals surface area contributed by atoms with E-state index in [9.17, 15) is 4.79 Å². The molecule has 0 aliphatic rings. The Kier molecular flexibility index (Phi) is 2.70. The van der Waals surface area contributed by atoms with Crippen molar-refractivity contribution >= 4 is 5.91 Å². The Morgan fingerprint density at radius 3 is 2.85 bits per heavy atom. The minimum absolute atomic E-state index is 0.194. The summed E-state index contributed by atoms with van der Waals surface area (Å²) in [5, 5.41) is 6.39. The fourth-order valence-electron chi connectivity index (χ4n) is 0.789. The number of nitrogens with one attached hydrogen (secondary N) is 1. The molecule has 0 aliphatic heterocycles. The fourth-order valence-corrected chi connectivity index (χ4v) is 0.789. The van der Waals surface area contributed by atoms with Crippen molar-refractivity contribution in [3.63, 3.8) is 0 Å². The van der Waals surface area contributed by atoms with Crippen molar-refractivity contribution < 1.29 is 9.32 Å². The van der Waals surface area contributed by atoms with E-state index in [1.807, 2.05) is 20.8 Å². The van der Waals surface area contributed by atoms with Gasteiger partial charge in [-0.05, 0) is 20.3 Å². The maximum absolute atomic E-state index is 11.4. The predicted octanol–water partition coefficient (Wildman–Crippen LogP) is 1.59. The molecule has 1 aromatic rings. The Bertz CT molecular complexity index is 278. The van der Waals surface area contributed by atoms with Crippen LogP contribution in [-0.4, -0.2) is 16.6 Å². The molecule has 4 heteroatoms. The molecule has 0 aliphatic carbocycles. The number of nitrogens with zero attached hydrogens (tertiary/aromatic N) is 1. The molecule has 0 atom stereocenters. The van der Waals surface area contributed by atoms with Gasteiger partial charge in [0.25, 0.3) is 5.91 Å². The van der Waals surface area contributed by atoms with Crippen LogP contribution in [0.25, 0.3) is 0 Å². The average molecular weight is 182 g/mol. The highest BCUT2D eigenvalue weighted by atomic mass is 16.5. The van der Waals surface area contributed by atoms with E-state index < -0.39 is 0 Å². The maximum atomic E-state index is 11.4. The van der Waals surface area contributed by atoms with Crippen molar-refractivity contribution in [2.75, 3.05) is 0 Å². The monoisotopic (exact) mass is 182 g/mol. The van der Waals surface area contributed by atoms with Gasteiger partial charge in [0.2, 0.25) is 0 Å². The maximum Gasteiger partial charge on any atom is 0.273 e. The molecule has 1 rings (SSSR count). The van der Waals surface area contributed by atoms with E-state index in [4.69, 9.17) is 0 Å². The van der Waals surface area contributed by atoms with Gasteiger partial charge >= 0.3 is 0 Å². The van der Waals surface area contributed by atoms with Crippen LogP contribution in [0.4, 0.5) is 0 Å². The zero-order valence-corrected chi connectivity index (χ0v) is 8.13. The standard InChI is InChI=1S/C9H14N2O2/c1-4-9(2,3)10-8(12)7-5-6-13-11-7/h5-6H,4H2,1-3H3,(H,10,12). The van der Waals surface area contributed by atoms with Crippen LogP contribution in [0.15, 0.2) is 16.9 Å². The van der Waals surface area contributed by atoms with Crippen LogP contribution >= 0.6 is 0 Å². The van der Waals surface area contributed by atoms with Crippen molar-refractivity contribution in [1.29, 1.82) is 0 Å². The van der Waals surface area contributed by atoms with E-state index in [1.54, 1.807) is 6.07 Å². The minimum atomic E-state index is -0.198. The van der Waals surface area contributed by atoms with E-state index >= 15 is 0 Å². The van der Waals surface area contributed by atoms with Crippen LogP contribution in [0.5, 0.6) is 0 Å². The summed E-state index contributed by atoms with van der Waals surface area (Å²) in [4.78, 5) is 11.4. The Labute approximate surface area is 77.3 Å². The lowest BCUT2D eigenvalue weighted by atomic mass is 10.0. The van der Waals surface area contributed by atoms with E-state index in [2.05, 4.69) is 15.0 Å². The normalized spacial score (nSPS) is 11.3. The molecule has 0 unspecified atom stereocenters. The molecule has 1 amide bonds. The van der Waals surface area contributed by atoms with Gasteiger partial charge in [0.15, 0.2) is 5.69 Å². The molecule has 4 nitrogen and oxygen atoms in total. The minimum Gasteiger partial charge on any atom is -0.364 e. The molecule has 13 heavy (non-hydrogen) atoms. The number of rotatable bonds is 3. The summed E-state index contributed by atoms with van der Waals surface area (Å²) < 4.78 is 4.57.